The average molecular weight is 231 g/mol. The molecule has 0 saturated heterocycles. The molecule has 0 unspecified atom stereocenters. The quantitative estimate of drug-likeness (QED) is 0.882. The number of oxazole rings is 1. The molecular formula is C12H10FN3O. The highest BCUT2D eigenvalue weighted by atomic mass is 19.1. The van der Waals surface area contributed by atoms with Crippen molar-refractivity contribution in [3.8, 4) is 17.5 Å². The van der Waals surface area contributed by atoms with Crippen molar-refractivity contribution in [1.29, 1.82) is 5.26 Å². The van der Waals surface area contributed by atoms with E-state index in [1.807, 2.05) is 13.0 Å². The molecule has 17 heavy (non-hydrogen) atoms. The van der Waals surface area contributed by atoms with Gasteiger partial charge in [-0.3, -0.25) is 0 Å². The number of halogens is 1. The van der Waals surface area contributed by atoms with E-state index in [1.54, 1.807) is 12.1 Å². The van der Waals surface area contributed by atoms with Crippen LogP contribution in [0.3, 0.4) is 0 Å². The zero-order valence-electron chi connectivity index (χ0n) is 9.20. The predicted molar refractivity (Wildman–Crippen MR) is 60.8 cm³/mol. The van der Waals surface area contributed by atoms with Gasteiger partial charge in [-0.1, -0.05) is 6.07 Å². The van der Waals surface area contributed by atoms with Gasteiger partial charge in [-0.15, -0.1) is 0 Å². The third-order valence-electron chi connectivity index (χ3n) is 2.14. The standard InChI is InChI=1S/C12H10FN3O/c1-2-15-12-10(7-14)16-11(17-12)8-4-3-5-9(13)6-8/h3-6,15H,2H2,1H3. The van der Waals surface area contributed by atoms with Gasteiger partial charge >= 0.3 is 0 Å². The lowest BCUT2D eigenvalue weighted by Gasteiger charge is -1.96. The van der Waals surface area contributed by atoms with Gasteiger partial charge in [0.05, 0.1) is 0 Å². The molecule has 5 heteroatoms. The van der Waals surface area contributed by atoms with Crippen molar-refractivity contribution in [1.82, 2.24) is 4.98 Å². The molecule has 1 N–H and O–H groups in total. The molecular weight excluding hydrogens is 221 g/mol. The zero-order chi connectivity index (χ0) is 12.3. The summed E-state index contributed by atoms with van der Waals surface area (Å²) < 4.78 is 18.4. The van der Waals surface area contributed by atoms with Crippen molar-refractivity contribution in [3.05, 3.63) is 35.8 Å². The topological polar surface area (TPSA) is 61.9 Å². The summed E-state index contributed by atoms with van der Waals surface area (Å²) in [5.41, 5.74) is 0.678. The molecule has 0 bridgehead atoms. The van der Waals surface area contributed by atoms with Crippen LogP contribution in [0, 0.1) is 17.1 Å². The molecule has 0 spiro atoms. The fraction of sp³-hybridized carbons (Fsp3) is 0.167. The monoisotopic (exact) mass is 231 g/mol. The van der Waals surface area contributed by atoms with Crippen LogP contribution in [0.2, 0.25) is 0 Å². The Morgan fingerprint density at radius 1 is 1.53 bits per heavy atom. The van der Waals surface area contributed by atoms with Gasteiger partial charge in [0.2, 0.25) is 17.5 Å². The Hall–Kier alpha value is -2.35. The van der Waals surface area contributed by atoms with E-state index < -0.39 is 0 Å². The van der Waals surface area contributed by atoms with Gasteiger partial charge in [0.25, 0.3) is 0 Å². The number of hydrogen-bond donors (Lipinski definition) is 1. The second-order valence-electron chi connectivity index (χ2n) is 3.35. The van der Waals surface area contributed by atoms with Crippen molar-refractivity contribution in [2.75, 3.05) is 11.9 Å². The summed E-state index contributed by atoms with van der Waals surface area (Å²) in [7, 11) is 0. The van der Waals surface area contributed by atoms with Crippen molar-refractivity contribution in [2.45, 2.75) is 6.92 Å². The molecule has 4 nitrogen and oxygen atoms in total. The Bertz CT molecular complexity index is 571. The predicted octanol–water partition coefficient (Wildman–Crippen LogP) is 2.78. The maximum atomic E-state index is 13.0. The minimum atomic E-state index is -0.371. The molecule has 1 aromatic carbocycles. The molecule has 0 aliphatic carbocycles. The van der Waals surface area contributed by atoms with Gasteiger partial charge in [-0.25, -0.2) is 4.39 Å². The van der Waals surface area contributed by atoms with Gasteiger partial charge < -0.3 is 9.73 Å². The zero-order valence-corrected chi connectivity index (χ0v) is 9.20. The van der Waals surface area contributed by atoms with E-state index in [1.165, 1.54) is 12.1 Å². The molecule has 86 valence electrons. The number of nitrogens with zero attached hydrogens (tertiary/aromatic N) is 2. The molecule has 0 fully saturated rings. The van der Waals surface area contributed by atoms with Crippen molar-refractivity contribution >= 4 is 5.88 Å². The molecule has 1 heterocycles. The van der Waals surface area contributed by atoms with E-state index in [0.29, 0.717) is 18.0 Å². The fourth-order valence-corrected chi connectivity index (χ4v) is 1.42. The van der Waals surface area contributed by atoms with E-state index in [2.05, 4.69) is 10.3 Å². The van der Waals surface area contributed by atoms with Crippen LogP contribution in [0.15, 0.2) is 28.7 Å². The first-order valence-electron chi connectivity index (χ1n) is 5.15. The number of rotatable bonds is 3. The third-order valence-corrected chi connectivity index (χ3v) is 2.14. The van der Waals surface area contributed by atoms with Crippen LogP contribution in [-0.2, 0) is 0 Å². The van der Waals surface area contributed by atoms with Crippen LogP contribution in [0.5, 0.6) is 0 Å². The van der Waals surface area contributed by atoms with Gasteiger partial charge in [-0.05, 0) is 25.1 Å². The molecule has 0 amide bonds. The van der Waals surface area contributed by atoms with Gasteiger partial charge in [-0.2, -0.15) is 10.2 Å². The molecule has 1 aromatic heterocycles. The summed E-state index contributed by atoms with van der Waals surface area (Å²) in [4.78, 5) is 4.00. The van der Waals surface area contributed by atoms with E-state index in [0.717, 1.165) is 0 Å². The summed E-state index contributed by atoms with van der Waals surface area (Å²) in [6.07, 6.45) is 0. The number of hydrogen-bond acceptors (Lipinski definition) is 4. The largest absolute Gasteiger partial charge is 0.419 e. The fourth-order valence-electron chi connectivity index (χ4n) is 1.42. The molecule has 0 saturated carbocycles. The van der Waals surface area contributed by atoms with Crippen molar-refractivity contribution in [2.24, 2.45) is 0 Å². The normalized spacial score (nSPS) is 9.94. The number of anilines is 1. The first-order chi connectivity index (χ1) is 8.24. The first-order valence-corrected chi connectivity index (χ1v) is 5.15. The van der Waals surface area contributed by atoms with E-state index >= 15 is 0 Å². The van der Waals surface area contributed by atoms with Crippen molar-refractivity contribution in [3.63, 3.8) is 0 Å². The summed E-state index contributed by atoms with van der Waals surface area (Å²) in [6, 6.07) is 7.80. The average Bonchev–Trinajstić information content (AvgIpc) is 2.73. The minimum Gasteiger partial charge on any atom is -0.419 e. The highest BCUT2D eigenvalue weighted by molar-refractivity contribution is 5.58. The lowest BCUT2D eigenvalue weighted by Crippen LogP contribution is -1.96. The molecule has 2 rings (SSSR count). The second-order valence-corrected chi connectivity index (χ2v) is 3.35. The SMILES string of the molecule is CCNc1oc(-c2cccc(F)c2)nc1C#N. The Morgan fingerprint density at radius 2 is 2.35 bits per heavy atom. The van der Waals surface area contributed by atoms with Gasteiger partial charge in [0.15, 0.2) is 0 Å². The van der Waals surface area contributed by atoms with Crippen LogP contribution in [0.25, 0.3) is 11.5 Å². The number of nitrogens with one attached hydrogen (secondary N) is 1. The van der Waals surface area contributed by atoms with Gasteiger partial charge in [0, 0.05) is 12.1 Å². The van der Waals surface area contributed by atoms with Crippen LogP contribution in [0.4, 0.5) is 10.3 Å². The molecule has 0 atom stereocenters. The summed E-state index contributed by atoms with van der Waals surface area (Å²) in [6.45, 7) is 2.50. The summed E-state index contributed by atoms with van der Waals surface area (Å²) in [5.74, 6) is 0.176. The Balaban J connectivity index is 2.43. The first kappa shape index (κ1) is 11.1. The smallest absolute Gasteiger partial charge is 0.232 e. The van der Waals surface area contributed by atoms with E-state index in [4.69, 9.17) is 9.68 Å². The molecule has 2 aromatic rings. The molecule has 0 aliphatic heterocycles. The summed E-state index contributed by atoms with van der Waals surface area (Å²) in [5, 5.41) is 11.8. The van der Waals surface area contributed by atoms with Crippen LogP contribution < -0.4 is 5.32 Å². The highest BCUT2D eigenvalue weighted by Gasteiger charge is 2.13. The maximum Gasteiger partial charge on any atom is 0.232 e. The molecule has 0 aliphatic rings. The van der Waals surface area contributed by atoms with E-state index in [9.17, 15) is 4.39 Å². The van der Waals surface area contributed by atoms with Crippen LogP contribution >= 0.6 is 0 Å². The number of aromatic nitrogens is 1. The van der Waals surface area contributed by atoms with Gasteiger partial charge in [0.1, 0.15) is 11.9 Å². The lowest BCUT2D eigenvalue weighted by molar-refractivity contribution is 0.583. The number of benzene rings is 1. The van der Waals surface area contributed by atoms with Crippen LogP contribution in [-0.4, -0.2) is 11.5 Å². The number of nitriles is 1. The molecule has 0 radical (unpaired) electrons. The third kappa shape index (κ3) is 2.26. The maximum absolute atomic E-state index is 13.0. The van der Waals surface area contributed by atoms with E-state index in [-0.39, 0.29) is 17.4 Å². The van der Waals surface area contributed by atoms with Crippen LogP contribution in [0.1, 0.15) is 12.6 Å². The second kappa shape index (κ2) is 4.66. The summed E-state index contributed by atoms with van der Waals surface area (Å²) >= 11 is 0. The highest BCUT2D eigenvalue weighted by Crippen LogP contribution is 2.25. The van der Waals surface area contributed by atoms with Crippen molar-refractivity contribution < 1.29 is 8.81 Å². The Morgan fingerprint density at radius 3 is 3.00 bits per heavy atom. The Labute approximate surface area is 97.7 Å². The Kier molecular flexibility index (Phi) is 3.06. The lowest BCUT2D eigenvalue weighted by atomic mass is 10.2. The minimum absolute atomic E-state index is 0.172.